The first-order chi connectivity index (χ1) is 11.8. The molecule has 2 nitrogen and oxygen atoms in total. The van der Waals surface area contributed by atoms with E-state index in [0.717, 1.165) is 18.5 Å². The Balaban J connectivity index is 0.00000312. The summed E-state index contributed by atoms with van der Waals surface area (Å²) in [4.78, 5) is 14.8. The normalized spacial score (nSPS) is 14.9. The molecular formula is C22H36ClNO. The Labute approximate surface area is 160 Å². The van der Waals surface area contributed by atoms with Crippen LogP contribution < -0.4 is 0 Å². The Kier molecular flexibility index (Phi) is 11.9. The highest BCUT2D eigenvalue weighted by atomic mass is 35.5. The zero-order valence-electron chi connectivity index (χ0n) is 16.0. The molecule has 0 N–H and O–H groups in total. The number of hydrogen-bond acceptors (Lipinski definition) is 2. The van der Waals surface area contributed by atoms with Gasteiger partial charge in [-0.2, -0.15) is 0 Å². The third-order valence-corrected chi connectivity index (χ3v) is 5.20. The minimum atomic E-state index is 0. The second-order valence-corrected chi connectivity index (χ2v) is 7.29. The summed E-state index contributed by atoms with van der Waals surface area (Å²) in [7, 11) is 0. The predicted molar refractivity (Wildman–Crippen MR) is 110 cm³/mol. The van der Waals surface area contributed by atoms with Crippen LogP contribution in [0.2, 0.25) is 0 Å². The van der Waals surface area contributed by atoms with E-state index in [0.29, 0.717) is 12.2 Å². The highest BCUT2D eigenvalue weighted by Gasteiger charge is 2.12. The molecule has 3 heteroatoms. The minimum absolute atomic E-state index is 0. The zero-order valence-corrected chi connectivity index (χ0v) is 16.8. The molecule has 1 aliphatic rings. The molecule has 1 heterocycles. The third kappa shape index (κ3) is 8.87. The van der Waals surface area contributed by atoms with Gasteiger partial charge in [0.05, 0.1) is 0 Å². The maximum Gasteiger partial charge on any atom is 0.164 e. The van der Waals surface area contributed by atoms with Gasteiger partial charge in [-0.3, -0.25) is 4.79 Å². The van der Waals surface area contributed by atoms with E-state index in [1.54, 1.807) is 0 Å². The van der Waals surface area contributed by atoms with E-state index in [2.05, 4.69) is 24.0 Å². The SMILES string of the molecule is CCCCCCCCc1ccc(C(=O)CCN2CCCCC2)cc1.Cl. The predicted octanol–water partition coefficient (Wildman–Crippen LogP) is 6.07. The molecule has 0 aromatic heterocycles. The fourth-order valence-corrected chi connectivity index (χ4v) is 3.55. The second kappa shape index (κ2) is 13.4. The second-order valence-electron chi connectivity index (χ2n) is 7.29. The van der Waals surface area contributed by atoms with Gasteiger partial charge in [0.2, 0.25) is 0 Å². The number of hydrogen-bond donors (Lipinski definition) is 0. The van der Waals surface area contributed by atoms with Crippen molar-refractivity contribution in [1.29, 1.82) is 0 Å². The lowest BCUT2D eigenvalue weighted by Crippen LogP contribution is -2.31. The van der Waals surface area contributed by atoms with Crippen molar-refractivity contribution < 1.29 is 4.79 Å². The van der Waals surface area contributed by atoms with Crippen molar-refractivity contribution in [1.82, 2.24) is 4.90 Å². The lowest BCUT2D eigenvalue weighted by atomic mass is 10.0. The van der Waals surface area contributed by atoms with Crippen LogP contribution in [0.25, 0.3) is 0 Å². The summed E-state index contributed by atoms with van der Waals surface area (Å²) in [6.07, 6.45) is 13.8. The van der Waals surface area contributed by atoms with Crippen molar-refractivity contribution in [3.05, 3.63) is 35.4 Å². The zero-order chi connectivity index (χ0) is 17.0. The standard InChI is InChI=1S/C22H35NO.ClH/c1-2-3-4-5-6-8-11-20-12-14-21(15-13-20)22(24)16-19-23-17-9-7-10-18-23;/h12-15H,2-11,16-19H2,1H3;1H. The first-order valence-corrected chi connectivity index (χ1v) is 10.1. The van der Waals surface area contributed by atoms with E-state index < -0.39 is 0 Å². The lowest BCUT2D eigenvalue weighted by Gasteiger charge is -2.25. The molecule has 1 aromatic carbocycles. The number of unbranched alkanes of at least 4 members (excludes halogenated alkanes) is 5. The summed E-state index contributed by atoms with van der Waals surface area (Å²) in [5.74, 6) is 0.298. The number of piperidine rings is 1. The molecule has 1 saturated heterocycles. The van der Waals surface area contributed by atoms with Crippen LogP contribution in [-0.4, -0.2) is 30.3 Å². The van der Waals surface area contributed by atoms with Gasteiger partial charge in [-0.25, -0.2) is 0 Å². The monoisotopic (exact) mass is 365 g/mol. The number of likely N-dealkylation sites (tertiary alicyclic amines) is 1. The van der Waals surface area contributed by atoms with Crippen LogP contribution in [0.15, 0.2) is 24.3 Å². The number of benzene rings is 1. The largest absolute Gasteiger partial charge is 0.303 e. The van der Waals surface area contributed by atoms with Crippen LogP contribution in [0.5, 0.6) is 0 Å². The fourth-order valence-electron chi connectivity index (χ4n) is 3.55. The van der Waals surface area contributed by atoms with Gasteiger partial charge in [-0.1, -0.05) is 69.7 Å². The van der Waals surface area contributed by atoms with E-state index in [1.165, 1.54) is 76.4 Å². The average molecular weight is 366 g/mol. The number of aryl methyl sites for hydroxylation is 1. The molecule has 2 rings (SSSR count). The Hall–Kier alpha value is -0.860. The van der Waals surface area contributed by atoms with E-state index in [1.807, 2.05) is 12.1 Å². The number of carbonyl (C=O) groups is 1. The number of carbonyl (C=O) groups excluding carboxylic acids is 1. The van der Waals surface area contributed by atoms with E-state index >= 15 is 0 Å². The van der Waals surface area contributed by atoms with Gasteiger partial charge in [-0.05, 0) is 44.3 Å². The summed E-state index contributed by atoms with van der Waals surface area (Å²) < 4.78 is 0. The summed E-state index contributed by atoms with van der Waals surface area (Å²) in [5.41, 5.74) is 2.26. The van der Waals surface area contributed by atoms with Crippen molar-refractivity contribution in [3.63, 3.8) is 0 Å². The van der Waals surface area contributed by atoms with Crippen molar-refractivity contribution in [2.24, 2.45) is 0 Å². The van der Waals surface area contributed by atoms with Gasteiger partial charge in [0, 0.05) is 18.5 Å². The van der Waals surface area contributed by atoms with Gasteiger partial charge in [0.25, 0.3) is 0 Å². The van der Waals surface area contributed by atoms with Gasteiger partial charge in [0.15, 0.2) is 5.78 Å². The molecule has 0 unspecified atom stereocenters. The molecule has 1 fully saturated rings. The molecule has 0 aliphatic carbocycles. The first kappa shape index (κ1) is 22.2. The molecule has 25 heavy (non-hydrogen) atoms. The average Bonchev–Trinajstić information content (AvgIpc) is 2.64. The molecular weight excluding hydrogens is 330 g/mol. The van der Waals surface area contributed by atoms with Gasteiger partial charge < -0.3 is 4.90 Å². The van der Waals surface area contributed by atoms with Gasteiger partial charge in [0.1, 0.15) is 0 Å². The minimum Gasteiger partial charge on any atom is -0.303 e. The van der Waals surface area contributed by atoms with Crippen LogP contribution in [0, 0.1) is 0 Å². The fraction of sp³-hybridized carbons (Fsp3) is 0.682. The smallest absolute Gasteiger partial charge is 0.164 e. The molecule has 1 aromatic rings. The van der Waals surface area contributed by atoms with Crippen molar-refractivity contribution in [3.8, 4) is 0 Å². The van der Waals surface area contributed by atoms with Gasteiger partial charge >= 0.3 is 0 Å². The summed E-state index contributed by atoms with van der Waals surface area (Å²) in [6, 6.07) is 8.37. The van der Waals surface area contributed by atoms with Crippen molar-refractivity contribution in [2.45, 2.75) is 77.6 Å². The Morgan fingerprint density at radius 2 is 1.56 bits per heavy atom. The molecule has 0 saturated carbocycles. The van der Waals surface area contributed by atoms with Crippen LogP contribution in [0.1, 0.15) is 87.1 Å². The molecule has 142 valence electrons. The van der Waals surface area contributed by atoms with Gasteiger partial charge in [-0.15, -0.1) is 12.4 Å². The maximum atomic E-state index is 12.3. The lowest BCUT2D eigenvalue weighted by molar-refractivity contribution is 0.0958. The van der Waals surface area contributed by atoms with Crippen LogP contribution in [0.4, 0.5) is 0 Å². The van der Waals surface area contributed by atoms with E-state index in [9.17, 15) is 4.79 Å². The van der Waals surface area contributed by atoms with E-state index in [-0.39, 0.29) is 12.4 Å². The summed E-state index contributed by atoms with van der Waals surface area (Å²) in [6.45, 7) is 5.53. The summed E-state index contributed by atoms with van der Waals surface area (Å²) in [5, 5.41) is 0. The molecule has 0 amide bonds. The Morgan fingerprint density at radius 3 is 2.24 bits per heavy atom. The highest BCUT2D eigenvalue weighted by Crippen LogP contribution is 2.13. The maximum absolute atomic E-state index is 12.3. The number of nitrogens with zero attached hydrogens (tertiary/aromatic N) is 1. The van der Waals surface area contributed by atoms with Crippen LogP contribution in [-0.2, 0) is 6.42 Å². The number of halogens is 1. The molecule has 0 atom stereocenters. The molecule has 0 radical (unpaired) electrons. The third-order valence-electron chi connectivity index (χ3n) is 5.20. The van der Waals surface area contributed by atoms with Crippen LogP contribution >= 0.6 is 12.4 Å². The summed E-state index contributed by atoms with van der Waals surface area (Å²) >= 11 is 0. The molecule has 0 spiro atoms. The van der Waals surface area contributed by atoms with E-state index in [4.69, 9.17) is 0 Å². The number of ketones is 1. The molecule has 1 aliphatic heterocycles. The van der Waals surface area contributed by atoms with Crippen molar-refractivity contribution in [2.75, 3.05) is 19.6 Å². The molecule has 0 bridgehead atoms. The number of Topliss-reactive ketones (excluding diaryl/α,β-unsaturated/α-hetero) is 1. The van der Waals surface area contributed by atoms with Crippen molar-refractivity contribution >= 4 is 18.2 Å². The number of rotatable bonds is 11. The topological polar surface area (TPSA) is 20.3 Å². The quantitative estimate of drug-likeness (QED) is 0.350. The Morgan fingerprint density at radius 1 is 0.920 bits per heavy atom. The van der Waals surface area contributed by atoms with Crippen LogP contribution in [0.3, 0.4) is 0 Å². The Bertz CT molecular complexity index is 465. The first-order valence-electron chi connectivity index (χ1n) is 10.1. The highest BCUT2D eigenvalue weighted by molar-refractivity contribution is 5.96.